The first-order valence-electron chi connectivity index (χ1n) is 12.8. The number of likely N-dealkylation sites (N-methyl/N-ethyl adjacent to an activating group) is 1. The zero-order valence-corrected chi connectivity index (χ0v) is 23.1. The minimum atomic E-state index is -0.600. The molecule has 4 fully saturated rings. The summed E-state index contributed by atoms with van der Waals surface area (Å²) in [5.74, 6) is -0.269. The molecule has 208 valence electrons. The summed E-state index contributed by atoms with van der Waals surface area (Å²) in [5, 5.41) is 3.08. The molecule has 10 heteroatoms. The van der Waals surface area contributed by atoms with Gasteiger partial charge in [0.1, 0.15) is 18.7 Å². The highest BCUT2D eigenvalue weighted by Gasteiger charge is 2.49. The molecular weight excluding hydrogens is 508 g/mol. The van der Waals surface area contributed by atoms with Crippen LogP contribution < -0.4 is 10.2 Å². The van der Waals surface area contributed by atoms with Crippen molar-refractivity contribution in [3.8, 4) is 0 Å². The first kappa shape index (κ1) is 31.5. The summed E-state index contributed by atoms with van der Waals surface area (Å²) in [6.45, 7) is 4.60. The summed E-state index contributed by atoms with van der Waals surface area (Å²) in [4.78, 5) is 45.6. The molecule has 0 unspecified atom stereocenters. The molecular formula is C27H44N4O4S2. The van der Waals surface area contributed by atoms with Gasteiger partial charge in [0, 0.05) is 44.0 Å². The Morgan fingerprint density at radius 2 is 1.59 bits per heavy atom. The first-order chi connectivity index (χ1) is 16.5. The van der Waals surface area contributed by atoms with Crippen LogP contribution in [0.2, 0.25) is 0 Å². The molecule has 5 rings (SSSR count). The van der Waals surface area contributed by atoms with Crippen LogP contribution in [-0.2, 0) is 14.3 Å². The second-order valence-electron chi connectivity index (χ2n) is 10.3. The molecule has 1 saturated carbocycles. The topological polar surface area (TPSA) is 82.2 Å². The van der Waals surface area contributed by atoms with E-state index in [2.05, 4.69) is 22.2 Å². The molecule has 0 bridgehead atoms. The second kappa shape index (κ2) is 13.9. The summed E-state index contributed by atoms with van der Waals surface area (Å²) in [5.41, 5.74) is 1.68. The number of ketones is 1. The van der Waals surface area contributed by atoms with Gasteiger partial charge >= 0.3 is 0 Å². The van der Waals surface area contributed by atoms with Crippen LogP contribution >= 0.6 is 27.0 Å². The van der Waals surface area contributed by atoms with Crippen molar-refractivity contribution in [2.24, 2.45) is 5.92 Å². The van der Waals surface area contributed by atoms with Gasteiger partial charge in [-0.15, -0.1) is 0 Å². The van der Waals surface area contributed by atoms with E-state index in [1.54, 1.807) is 4.90 Å². The number of piperazine rings is 1. The van der Waals surface area contributed by atoms with E-state index in [0.29, 0.717) is 18.5 Å². The van der Waals surface area contributed by atoms with Crippen molar-refractivity contribution in [1.82, 2.24) is 15.1 Å². The van der Waals surface area contributed by atoms with Gasteiger partial charge in [-0.05, 0) is 56.5 Å². The quantitative estimate of drug-likeness (QED) is 0.605. The molecule has 1 aliphatic carbocycles. The normalized spacial score (nSPS) is 24.8. The highest BCUT2D eigenvalue weighted by atomic mass is 32.1. The van der Waals surface area contributed by atoms with E-state index in [9.17, 15) is 14.4 Å². The third-order valence-electron chi connectivity index (χ3n) is 8.07. The van der Waals surface area contributed by atoms with Crippen LogP contribution in [0.15, 0.2) is 24.3 Å². The molecule has 0 spiro atoms. The zero-order valence-electron chi connectivity index (χ0n) is 21.1. The van der Waals surface area contributed by atoms with Gasteiger partial charge in [-0.3, -0.25) is 14.4 Å². The van der Waals surface area contributed by atoms with Gasteiger partial charge in [0.2, 0.25) is 5.91 Å². The lowest BCUT2D eigenvalue weighted by Gasteiger charge is -2.34. The number of likely N-dealkylation sites (tertiary alicyclic amines) is 1. The van der Waals surface area contributed by atoms with Gasteiger partial charge in [0.05, 0.1) is 6.10 Å². The maximum Gasteiger partial charge on any atom is 0.251 e. The Hall–Kier alpha value is -1.75. The predicted molar refractivity (Wildman–Crippen MR) is 156 cm³/mol. The fourth-order valence-electron chi connectivity index (χ4n) is 5.98. The zero-order chi connectivity index (χ0) is 23.7. The number of rotatable bonds is 5. The number of nitrogens with one attached hydrogen (secondary N) is 1. The Bertz CT molecular complexity index is 917. The molecule has 0 aromatic heterocycles. The Labute approximate surface area is 235 Å². The van der Waals surface area contributed by atoms with Crippen LogP contribution in [0.1, 0.15) is 56.3 Å². The summed E-state index contributed by atoms with van der Waals surface area (Å²) in [6, 6.07) is 6.61. The van der Waals surface area contributed by atoms with Crippen molar-refractivity contribution in [3.05, 3.63) is 29.8 Å². The predicted octanol–water partition coefficient (Wildman–Crippen LogP) is 2.55. The Kier molecular flexibility index (Phi) is 11.8. The molecule has 3 saturated heterocycles. The van der Waals surface area contributed by atoms with E-state index in [-0.39, 0.29) is 70.6 Å². The molecule has 37 heavy (non-hydrogen) atoms. The molecule has 1 aromatic carbocycles. The number of carbonyl (C=O) groups is 3. The number of benzene rings is 1. The number of fused-ring (bicyclic) bond motifs is 1. The average Bonchev–Trinajstić information content (AvgIpc) is 3.46. The fraction of sp³-hybridized carbons (Fsp3) is 0.667. The maximum absolute atomic E-state index is 13.7. The fourth-order valence-corrected chi connectivity index (χ4v) is 5.98. The van der Waals surface area contributed by atoms with Crippen molar-refractivity contribution in [1.29, 1.82) is 0 Å². The molecule has 3 aliphatic heterocycles. The van der Waals surface area contributed by atoms with Crippen molar-refractivity contribution < 1.29 is 19.1 Å². The van der Waals surface area contributed by atoms with Crippen LogP contribution in [0.3, 0.4) is 0 Å². The molecule has 2 amide bonds. The third kappa shape index (κ3) is 6.82. The van der Waals surface area contributed by atoms with Gasteiger partial charge in [-0.1, -0.05) is 26.7 Å². The number of nitrogens with zero attached hydrogens (tertiary/aromatic N) is 3. The summed E-state index contributed by atoms with van der Waals surface area (Å²) in [6.07, 6.45) is 5.63. The highest BCUT2D eigenvalue weighted by molar-refractivity contribution is 7.59. The molecule has 1 N–H and O–H groups in total. The van der Waals surface area contributed by atoms with E-state index in [1.165, 1.54) is 6.42 Å². The number of ether oxygens (including phenoxy) is 1. The molecule has 3 atom stereocenters. The van der Waals surface area contributed by atoms with E-state index in [1.807, 2.05) is 24.3 Å². The lowest BCUT2D eigenvalue weighted by molar-refractivity contribution is -0.139. The lowest BCUT2D eigenvalue weighted by Crippen LogP contribution is -2.55. The standard InChI is InChI=1S/C26H36N4O4.CH4.2H2S/c1-28-13-15-29(16-14-28)20-9-7-19(8-10-20)25(32)27-23(18-5-3-2-4-6-18)26(33)30-12-11-22-24(30)21(31)17-34-22;;;/h7-10,18,22-24H,2-6,11-17H2,1H3,(H,27,32);1H4;2*1H2/t22-,23+,24-;;;/m1.../s1. The number of Topliss-reactive ketones (excluding diaryl/α,β-unsaturated/α-hetero) is 1. The smallest absolute Gasteiger partial charge is 0.251 e. The average molecular weight is 553 g/mol. The number of hydrogen-bond acceptors (Lipinski definition) is 6. The SMILES string of the molecule is C.CN1CCN(c2ccc(C(=O)N[C@H](C(=O)N3CC[C@H]4OCC(=O)[C@H]43)C3CCCCC3)cc2)CC1.S.S. The number of anilines is 1. The van der Waals surface area contributed by atoms with Crippen LogP contribution in [-0.4, -0.2) is 92.0 Å². The van der Waals surface area contributed by atoms with Crippen LogP contribution in [0.4, 0.5) is 5.69 Å². The van der Waals surface area contributed by atoms with Gasteiger partial charge < -0.3 is 24.8 Å². The Morgan fingerprint density at radius 3 is 2.24 bits per heavy atom. The van der Waals surface area contributed by atoms with Gasteiger partial charge in [0.25, 0.3) is 5.91 Å². The van der Waals surface area contributed by atoms with E-state index >= 15 is 0 Å². The van der Waals surface area contributed by atoms with E-state index < -0.39 is 12.1 Å². The molecule has 3 heterocycles. The Morgan fingerprint density at radius 1 is 0.946 bits per heavy atom. The second-order valence-corrected chi connectivity index (χ2v) is 10.3. The van der Waals surface area contributed by atoms with Crippen molar-refractivity contribution >= 4 is 50.3 Å². The molecule has 1 aromatic rings. The van der Waals surface area contributed by atoms with E-state index in [0.717, 1.165) is 57.5 Å². The number of carbonyl (C=O) groups excluding carboxylic acids is 3. The highest BCUT2D eigenvalue weighted by Crippen LogP contribution is 2.32. The summed E-state index contributed by atoms with van der Waals surface area (Å²) in [7, 11) is 2.13. The summed E-state index contributed by atoms with van der Waals surface area (Å²) < 4.78 is 5.57. The van der Waals surface area contributed by atoms with Gasteiger partial charge in [-0.25, -0.2) is 0 Å². The molecule has 8 nitrogen and oxygen atoms in total. The third-order valence-corrected chi connectivity index (χ3v) is 8.07. The van der Waals surface area contributed by atoms with Crippen molar-refractivity contribution in [3.63, 3.8) is 0 Å². The van der Waals surface area contributed by atoms with Crippen LogP contribution in [0, 0.1) is 5.92 Å². The molecule has 0 radical (unpaired) electrons. The van der Waals surface area contributed by atoms with Gasteiger partial charge in [0.15, 0.2) is 5.78 Å². The van der Waals surface area contributed by atoms with Crippen molar-refractivity contribution in [2.45, 2.75) is 64.1 Å². The van der Waals surface area contributed by atoms with E-state index in [4.69, 9.17) is 4.74 Å². The lowest BCUT2D eigenvalue weighted by atomic mass is 9.83. The maximum atomic E-state index is 13.7. The van der Waals surface area contributed by atoms with Crippen LogP contribution in [0.5, 0.6) is 0 Å². The number of amides is 2. The minimum Gasteiger partial charge on any atom is -0.369 e. The monoisotopic (exact) mass is 552 g/mol. The van der Waals surface area contributed by atoms with Gasteiger partial charge in [-0.2, -0.15) is 27.0 Å². The van der Waals surface area contributed by atoms with Crippen LogP contribution in [0.25, 0.3) is 0 Å². The largest absolute Gasteiger partial charge is 0.369 e. The first-order valence-corrected chi connectivity index (χ1v) is 12.8. The Balaban J connectivity index is 0.00000160. The molecule has 4 aliphatic rings. The minimum absolute atomic E-state index is 0. The number of hydrogen-bond donors (Lipinski definition) is 1. The van der Waals surface area contributed by atoms with Crippen molar-refractivity contribution in [2.75, 3.05) is 51.3 Å². The summed E-state index contributed by atoms with van der Waals surface area (Å²) >= 11 is 0.